The molecule has 0 aromatic carbocycles. The van der Waals surface area contributed by atoms with Crippen molar-refractivity contribution in [2.75, 3.05) is 13.2 Å². The molecule has 0 saturated heterocycles. The zero-order chi connectivity index (χ0) is 14.6. The largest absolute Gasteiger partial charge is 0.396 e. The lowest BCUT2D eigenvalue weighted by atomic mass is 9.89. The second kappa shape index (κ2) is 6.35. The van der Waals surface area contributed by atoms with Gasteiger partial charge in [-0.2, -0.15) is 0 Å². The molecule has 0 aliphatic rings. The van der Waals surface area contributed by atoms with Gasteiger partial charge >= 0.3 is 0 Å². The molecule has 0 aliphatic heterocycles. The van der Waals surface area contributed by atoms with Crippen molar-refractivity contribution in [1.82, 2.24) is 10.3 Å². The van der Waals surface area contributed by atoms with Crippen LogP contribution in [0, 0.1) is 19.3 Å². The van der Waals surface area contributed by atoms with E-state index in [4.69, 9.17) is 16.7 Å². The Morgan fingerprint density at radius 3 is 2.63 bits per heavy atom. The minimum absolute atomic E-state index is 0.106. The van der Waals surface area contributed by atoms with Crippen LogP contribution in [0.4, 0.5) is 0 Å². The van der Waals surface area contributed by atoms with Crippen LogP contribution in [0.3, 0.4) is 0 Å². The van der Waals surface area contributed by atoms with E-state index in [-0.39, 0.29) is 23.1 Å². The fraction of sp³-hybridized carbons (Fsp3) is 0.571. The van der Waals surface area contributed by atoms with Gasteiger partial charge in [-0.1, -0.05) is 25.4 Å². The summed E-state index contributed by atoms with van der Waals surface area (Å²) in [5, 5.41) is 12.0. The van der Waals surface area contributed by atoms with Crippen LogP contribution in [0.1, 0.15) is 41.9 Å². The van der Waals surface area contributed by atoms with E-state index in [1.54, 1.807) is 0 Å². The predicted octanol–water partition coefficient (Wildman–Crippen LogP) is 2.49. The SMILES string of the molecule is Cc1cc(C)c(C(=O)NCC(C)(C)CCO)c(Cl)n1. The summed E-state index contributed by atoms with van der Waals surface area (Å²) in [5.74, 6) is -0.221. The summed E-state index contributed by atoms with van der Waals surface area (Å²) in [5.41, 5.74) is 1.88. The number of aromatic nitrogens is 1. The number of aliphatic hydroxyl groups is 1. The lowest BCUT2D eigenvalue weighted by Crippen LogP contribution is -2.35. The molecule has 1 amide bonds. The monoisotopic (exact) mass is 284 g/mol. The molecule has 0 unspecified atom stereocenters. The number of pyridine rings is 1. The Bertz CT molecular complexity index is 450. The minimum Gasteiger partial charge on any atom is -0.396 e. The highest BCUT2D eigenvalue weighted by Gasteiger charge is 2.21. The summed E-state index contributed by atoms with van der Waals surface area (Å²) < 4.78 is 0. The summed E-state index contributed by atoms with van der Waals surface area (Å²) in [6.45, 7) is 8.25. The van der Waals surface area contributed by atoms with Crippen molar-refractivity contribution in [2.24, 2.45) is 5.41 Å². The number of aryl methyl sites for hydroxylation is 2. The molecule has 1 heterocycles. The van der Waals surface area contributed by atoms with Gasteiger partial charge in [0.1, 0.15) is 5.15 Å². The van der Waals surface area contributed by atoms with Crippen molar-refractivity contribution in [1.29, 1.82) is 0 Å². The van der Waals surface area contributed by atoms with Crippen molar-refractivity contribution in [3.05, 3.63) is 28.0 Å². The fourth-order valence-corrected chi connectivity index (χ4v) is 2.23. The van der Waals surface area contributed by atoms with Gasteiger partial charge in [0.15, 0.2) is 0 Å². The van der Waals surface area contributed by atoms with Gasteiger partial charge in [-0.3, -0.25) is 4.79 Å². The van der Waals surface area contributed by atoms with Crippen molar-refractivity contribution in [2.45, 2.75) is 34.1 Å². The normalized spacial score (nSPS) is 11.5. The van der Waals surface area contributed by atoms with E-state index < -0.39 is 0 Å². The van der Waals surface area contributed by atoms with Crippen molar-refractivity contribution in [3.8, 4) is 0 Å². The summed E-state index contributed by atoms with van der Waals surface area (Å²) >= 11 is 6.03. The molecular formula is C14H21ClN2O2. The van der Waals surface area contributed by atoms with E-state index >= 15 is 0 Å². The van der Waals surface area contributed by atoms with Gasteiger partial charge in [-0.25, -0.2) is 4.98 Å². The molecule has 0 spiro atoms. The molecule has 19 heavy (non-hydrogen) atoms. The van der Waals surface area contributed by atoms with Gasteiger partial charge in [-0.15, -0.1) is 0 Å². The number of hydrogen-bond donors (Lipinski definition) is 2. The topological polar surface area (TPSA) is 62.2 Å². The van der Waals surface area contributed by atoms with Crippen LogP contribution in [0.2, 0.25) is 5.15 Å². The van der Waals surface area contributed by atoms with Crippen LogP contribution in [-0.4, -0.2) is 29.1 Å². The average Bonchev–Trinajstić information content (AvgIpc) is 2.25. The van der Waals surface area contributed by atoms with Gasteiger partial charge in [0.25, 0.3) is 5.91 Å². The molecule has 106 valence electrons. The van der Waals surface area contributed by atoms with Gasteiger partial charge in [0.05, 0.1) is 5.56 Å². The first-order valence-corrected chi connectivity index (χ1v) is 6.67. The number of nitrogens with zero attached hydrogens (tertiary/aromatic N) is 1. The van der Waals surface area contributed by atoms with Gasteiger partial charge in [0, 0.05) is 18.8 Å². The van der Waals surface area contributed by atoms with Crippen LogP contribution in [0.5, 0.6) is 0 Å². The molecule has 4 nitrogen and oxygen atoms in total. The third-order valence-corrected chi connectivity index (χ3v) is 3.32. The summed E-state index contributed by atoms with van der Waals surface area (Å²) in [4.78, 5) is 16.3. The molecule has 1 rings (SSSR count). The molecular weight excluding hydrogens is 264 g/mol. The van der Waals surface area contributed by atoms with E-state index in [1.165, 1.54) is 0 Å². The quantitative estimate of drug-likeness (QED) is 0.817. The third kappa shape index (κ3) is 4.48. The molecule has 1 aromatic heterocycles. The number of nitrogens with one attached hydrogen (secondary N) is 1. The predicted molar refractivity (Wildman–Crippen MR) is 76.5 cm³/mol. The Labute approximate surface area is 119 Å². The number of carbonyl (C=O) groups is 1. The zero-order valence-corrected chi connectivity index (χ0v) is 12.6. The van der Waals surface area contributed by atoms with Crippen molar-refractivity contribution >= 4 is 17.5 Å². The highest BCUT2D eigenvalue weighted by atomic mass is 35.5. The molecule has 0 saturated carbocycles. The number of halogens is 1. The summed E-state index contributed by atoms with van der Waals surface area (Å²) in [7, 11) is 0. The Hall–Kier alpha value is -1.13. The van der Waals surface area contributed by atoms with Crippen LogP contribution >= 0.6 is 11.6 Å². The Morgan fingerprint density at radius 1 is 1.47 bits per heavy atom. The van der Waals surface area contributed by atoms with Crippen LogP contribution in [-0.2, 0) is 0 Å². The van der Waals surface area contributed by atoms with Crippen molar-refractivity contribution < 1.29 is 9.90 Å². The molecule has 0 radical (unpaired) electrons. The maximum Gasteiger partial charge on any atom is 0.254 e. The number of carbonyl (C=O) groups excluding carboxylic acids is 1. The molecule has 0 bridgehead atoms. The standard InChI is InChI=1S/C14H21ClN2O2/c1-9-7-10(2)17-12(15)11(9)13(19)16-8-14(3,4)5-6-18/h7,18H,5-6,8H2,1-4H3,(H,16,19). The second-order valence-electron chi connectivity index (χ2n) is 5.57. The first kappa shape index (κ1) is 15.9. The Balaban J connectivity index is 2.80. The van der Waals surface area contributed by atoms with Crippen LogP contribution in [0.15, 0.2) is 6.07 Å². The smallest absolute Gasteiger partial charge is 0.254 e. The van der Waals surface area contributed by atoms with Gasteiger partial charge in [-0.05, 0) is 37.3 Å². The van der Waals surface area contributed by atoms with Crippen molar-refractivity contribution in [3.63, 3.8) is 0 Å². The lowest BCUT2D eigenvalue weighted by Gasteiger charge is -2.24. The zero-order valence-electron chi connectivity index (χ0n) is 11.9. The average molecular weight is 285 g/mol. The number of rotatable bonds is 5. The first-order valence-electron chi connectivity index (χ1n) is 6.29. The second-order valence-corrected chi connectivity index (χ2v) is 5.92. The fourth-order valence-electron chi connectivity index (χ4n) is 1.86. The van der Waals surface area contributed by atoms with E-state index in [0.29, 0.717) is 18.5 Å². The van der Waals surface area contributed by atoms with E-state index in [2.05, 4.69) is 10.3 Å². The van der Waals surface area contributed by atoms with Gasteiger partial charge < -0.3 is 10.4 Å². The lowest BCUT2D eigenvalue weighted by molar-refractivity contribution is 0.0927. The molecule has 0 aliphatic carbocycles. The number of amides is 1. The maximum absolute atomic E-state index is 12.2. The molecule has 0 atom stereocenters. The van der Waals surface area contributed by atoms with Crippen LogP contribution < -0.4 is 5.32 Å². The Kier molecular flexibility index (Phi) is 5.32. The van der Waals surface area contributed by atoms with Gasteiger partial charge in [0.2, 0.25) is 0 Å². The highest BCUT2D eigenvalue weighted by molar-refractivity contribution is 6.32. The highest BCUT2D eigenvalue weighted by Crippen LogP contribution is 2.21. The van der Waals surface area contributed by atoms with E-state index in [1.807, 2.05) is 33.8 Å². The summed E-state index contributed by atoms with van der Waals surface area (Å²) in [6, 6.07) is 1.83. The maximum atomic E-state index is 12.2. The minimum atomic E-state index is -0.221. The van der Waals surface area contributed by atoms with Crippen LogP contribution in [0.25, 0.3) is 0 Å². The molecule has 5 heteroatoms. The molecule has 1 aromatic rings. The number of aliphatic hydroxyl groups excluding tert-OH is 1. The number of hydrogen-bond acceptors (Lipinski definition) is 3. The third-order valence-electron chi connectivity index (χ3n) is 3.04. The van der Waals surface area contributed by atoms with E-state index in [0.717, 1.165) is 11.3 Å². The molecule has 0 fully saturated rings. The molecule has 2 N–H and O–H groups in total. The first-order chi connectivity index (χ1) is 8.76. The van der Waals surface area contributed by atoms with E-state index in [9.17, 15) is 4.79 Å². The summed E-state index contributed by atoms with van der Waals surface area (Å²) in [6.07, 6.45) is 0.631. The Morgan fingerprint density at radius 2 is 2.11 bits per heavy atom.